The zero-order valence-corrected chi connectivity index (χ0v) is 23.1. The molecule has 2 amide bonds. The summed E-state index contributed by atoms with van der Waals surface area (Å²) in [7, 11) is 0. The van der Waals surface area contributed by atoms with E-state index in [1.807, 2.05) is 18.2 Å². The summed E-state index contributed by atoms with van der Waals surface area (Å²) in [6.07, 6.45) is 1.01. The van der Waals surface area contributed by atoms with Gasteiger partial charge in [-0.2, -0.15) is 5.26 Å². The number of carbonyl (C=O) groups excluding carboxylic acids is 2. The third-order valence-corrected chi connectivity index (χ3v) is 8.35. The number of likely N-dealkylation sites (tertiary alicyclic amines) is 1. The van der Waals surface area contributed by atoms with Crippen molar-refractivity contribution in [2.24, 2.45) is 0 Å². The van der Waals surface area contributed by atoms with Crippen molar-refractivity contribution in [3.05, 3.63) is 98.8 Å². The third kappa shape index (κ3) is 6.07. The molecule has 206 valence electrons. The second-order valence-electron chi connectivity index (χ2n) is 10.1. The van der Waals surface area contributed by atoms with E-state index in [0.29, 0.717) is 72.3 Å². The van der Waals surface area contributed by atoms with Crippen LogP contribution in [0.2, 0.25) is 10.0 Å². The normalized spacial score (nSPS) is 16.8. The van der Waals surface area contributed by atoms with Crippen LogP contribution in [0, 0.1) is 17.1 Å². The lowest BCUT2D eigenvalue weighted by Crippen LogP contribution is -2.48. The summed E-state index contributed by atoms with van der Waals surface area (Å²) >= 11 is 12.4. The molecule has 0 bridgehead atoms. The number of piperidine rings is 1. The Bertz CT molecular complexity index is 1470. The number of ether oxygens (including phenoxy) is 1. The van der Waals surface area contributed by atoms with Gasteiger partial charge in [0.25, 0.3) is 0 Å². The first-order valence-corrected chi connectivity index (χ1v) is 13.8. The van der Waals surface area contributed by atoms with Crippen molar-refractivity contribution in [1.29, 1.82) is 5.26 Å². The molecular formula is C30H27Cl2FN4O3. The number of nitriles is 1. The molecular weight excluding hydrogens is 554 g/mol. The predicted octanol–water partition coefficient (Wildman–Crippen LogP) is 6.35. The van der Waals surface area contributed by atoms with E-state index in [1.54, 1.807) is 30.3 Å². The van der Waals surface area contributed by atoms with Crippen LogP contribution in [0.15, 0.2) is 60.7 Å². The summed E-state index contributed by atoms with van der Waals surface area (Å²) in [6, 6.07) is 18.7. The fourth-order valence-corrected chi connectivity index (χ4v) is 5.69. The van der Waals surface area contributed by atoms with E-state index in [-0.39, 0.29) is 11.7 Å². The Kier molecular flexibility index (Phi) is 8.27. The zero-order valence-electron chi connectivity index (χ0n) is 21.6. The lowest BCUT2D eigenvalue weighted by Gasteiger charge is -2.44. The summed E-state index contributed by atoms with van der Waals surface area (Å²) in [5.41, 5.74) is 2.55. The molecule has 2 heterocycles. The van der Waals surface area contributed by atoms with Gasteiger partial charge in [-0.15, -0.1) is 0 Å². The van der Waals surface area contributed by atoms with Crippen LogP contribution in [0.5, 0.6) is 0 Å². The maximum atomic E-state index is 14.1. The minimum Gasteiger partial charge on any atom is -0.438 e. The first-order chi connectivity index (χ1) is 19.3. The molecule has 0 saturated carbocycles. The Hall–Kier alpha value is -3.64. The first-order valence-electron chi connectivity index (χ1n) is 13.0. The second-order valence-corrected chi connectivity index (χ2v) is 10.9. The van der Waals surface area contributed by atoms with Crippen molar-refractivity contribution in [3.8, 4) is 6.07 Å². The van der Waals surface area contributed by atoms with Crippen molar-refractivity contribution in [2.45, 2.75) is 37.3 Å². The number of benzene rings is 3. The summed E-state index contributed by atoms with van der Waals surface area (Å²) < 4.78 is 19.8. The molecule has 1 saturated heterocycles. The van der Waals surface area contributed by atoms with Crippen LogP contribution in [0.1, 0.15) is 47.4 Å². The number of hydrogen-bond acceptors (Lipinski definition) is 5. The third-order valence-electron chi connectivity index (χ3n) is 7.61. The van der Waals surface area contributed by atoms with Crippen molar-refractivity contribution < 1.29 is 18.7 Å². The Labute approximate surface area is 241 Å². The minimum atomic E-state index is -0.877. The van der Waals surface area contributed by atoms with Crippen molar-refractivity contribution >= 4 is 40.9 Å². The summed E-state index contributed by atoms with van der Waals surface area (Å²) in [5, 5.41) is 15.5. The molecule has 7 nitrogen and oxygen atoms in total. The van der Waals surface area contributed by atoms with Crippen LogP contribution >= 0.6 is 23.2 Å². The highest BCUT2D eigenvalue weighted by atomic mass is 35.5. The van der Waals surface area contributed by atoms with Crippen LogP contribution < -0.4 is 10.6 Å². The first kappa shape index (κ1) is 27.9. The molecule has 10 heteroatoms. The number of rotatable bonds is 7. The molecule has 5 rings (SSSR count). The average Bonchev–Trinajstić information content (AvgIpc) is 2.95. The van der Waals surface area contributed by atoms with Crippen LogP contribution in [-0.4, -0.2) is 36.5 Å². The maximum absolute atomic E-state index is 14.1. The largest absolute Gasteiger partial charge is 0.438 e. The number of nitrogens with zero attached hydrogens (tertiary/aromatic N) is 2. The molecule has 1 spiro atoms. The standard InChI is InChI=1S/C30H27Cl2FN4O3/c31-25-7-5-21(15-26(25)32)23(28(38)35-18-20-3-1-19(17-34)2-4-20)9-12-37-13-10-30(11-14-37)24-16-22(33)6-8-27(24)36-29(39)40-30/h1-8,15-16,23H,9-14,18H2,(H,35,38)(H,36,39). The topological polar surface area (TPSA) is 94.5 Å². The van der Waals surface area contributed by atoms with E-state index in [4.69, 9.17) is 33.2 Å². The van der Waals surface area contributed by atoms with Crippen molar-refractivity contribution in [2.75, 3.05) is 25.0 Å². The molecule has 0 radical (unpaired) electrons. The summed E-state index contributed by atoms with van der Waals surface area (Å²) in [6.45, 7) is 2.17. The van der Waals surface area contributed by atoms with E-state index < -0.39 is 17.6 Å². The van der Waals surface area contributed by atoms with Crippen molar-refractivity contribution in [3.63, 3.8) is 0 Å². The quantitative estimate of drug-likeness (QED) is 0.339. The highest BCUT2D eigenvalue weighted by Gasteiger charge is 2.44. The fourth-order valence-electron chi connectivity index (χ4n) is 5.38. The molecule has 1 atom stereocenters. The number of carbonyl (C=O) groups is 2. The number of anilines is 1. The van der Waals surface area contributed by atoms with Crippen LogP contribution in [0.4, 0.5) is 14.9 Å². The average molecular weight is 581 g/mol. The number of fused-ring (bicyclic) bond motifs is 2. The summed E-state index contributed by atoms with van der Waals surface area (Å²) in [5.74, 6) is -1.000. The van der Waals surface area contributed by atoms with Gasteiger partial charge in [0.15, 0.2) is 0 Å². The lowest BCUT2D eigenvalue weighted by atomic mass is 9.82. The fraction of sp³-hybridized carbons (Fsp3) is 0.300. The number of hydrogen-bond donors (Lipinski definition) is 2. The molecule has 1 fully saturated rings. The highest BCUT2D eigenvalue weighted by Crippen LogP contribution is 2.44. The highest BCUT2D eigenvalue weighted by molar-refractivity contribution is 6.42. The molecule has 0 aliphatic carbocycles. The summed E-state index contributed by atoms with van der Waals surface area (Å²) in [4.78, 5) is 27.9. The van der Waals surface area contributed by atoms with E-state index >= 15 is 0 Å². The van der Waals surface area contributed by atoms with Crippen LogP contribution in [0.3, 0.4) is 0 Å². The molecule has 2 aliphatic heterocycles. The van der Waals surface area contributed by atoms with E-state index in [9.17, 15) is 14.0 Å². The Balaban J connectivity index is 1.26. The molecule has 0 aromatic heterocycles. The second kappa shape index (κ2) is 11.8. The van der Waals surface area contributed by atoms with Gasteiger partial charge in [0.2, 0.25) is 5.91 Å². The zero-order chi connectivity index (χ0) is 28.3. The molecule has 2 N–H and O–H groups in total. The number of amides is 2. The Morgan fingerprint density at radius 1 is 1.10 bits per heavy atom. The Morgan fingerprint density at radius 3 is 2.55 bits per heavy atom. The minimum absolute atomic E-state index is 0.145. The van der Waals surface area contributed by atoms with Gasteiger partial charge in [-0.25, -0.2) is 9.18 Å². The van der Waals surface area contributed by atoms with Crippen LogP contribution in [0.25, 0.3) is 0 Å². The molecule has 3 aromatic carbocycles. The molecule has 2 aliphatic rings. The van der Waals surface area contributed by atoms with Gasteiger partial charge < -0.3 is 15.0 Å². The predicted molar refractivity (Wildman–Crippen MR) is 151 cm³/mol. The number of halogens is 3. The monoisotopic (exact) mass is 580 g/mol. The van der Waals surface area contributed by atoms with E-state index in [1.165, 1.54) is 12.1 Å². The van der Waals surface area contributed by atoms with E-state index in [2.05, 4.69) is 21.6 Å². The van der Waals surface area contributed by atoms with Gasteiger partial charge in [-0.1, -0.05) is 41.4 Å². The van der Waals surface area contributed by atoms with Gasteiger partial charge in [-0.05, 0) is 66.6 Å². The van der Waals surface area contributed by atoms with Gasteiger partial charge >= 0.3 is 6.09 Å². The smallest absolute Gasteiger partial charge is 0.412 e. The lowest BCUT2D eigenvalue weighted by molar-refractivity contribution is -0.123. The van der Waals surface area contributed by atoms with Gasteiger partial charge in [0.05, 0.1) is 33.3 Å². The molecule has 40 heavy (non-hydrogen) atoms. The van der Waals surface area contributed by atoms with Crippen molar-refractivity contribution in [1.82, 2.24) is 10.2 Å². The van der Waals surface area contributed by atoms with Gasteiger partial charge in [0, 0.05) is 38.0 Å². The Morgan fingerprint density at radius 2 is 1.85 bits per heavy atom. The van der Waals surface area contributed by atoms with Crippen LogP contribution in [-0.2, 0) is 21.7 Å². The SMILES string of the molecule is N#Cc1ccc(CNC(=O)C(CCN2CCC3(CC2)OC(=O)Nc2ccc(F)cc23)c2ccc(Cl)c(Cl)c2)cc1. The number of nitrogens with one attached hydrogen (secondary N) is 2. The van der Waals surface area contributed by atoms with E-state index in [0.717, 1.165) is 11.1 Å². The molecule has 3 aromatic rings. The maximum Gasteiger partial charge on any atom is 0.412 e. The molecule has 1 unspecified atom stereocenters. The van der Waals surface area contributed by atoms with Gasteiger partial charge in [0.1, 0.15) is 11.4 Å². The van der Waals surface area contributed by atoms with Gasteiger partial charge in [-0.3, -0.25) is 10.1 Å².